The fourth-order valence-corrected chi connectivity index (χ4v) is 4.10. The van der Waals surface area contributed by atoms with E-state index in [2.05, 4.69) is 11.6 Å². The zero-order chi connectivity index (χ0) is 15.3. The SMILES string of the molecule is CCSCCC(C)NS(=O)(=O)c1cc(N)c(F)cc1C. The standard InChI is InChI=1S/C13H21FN2O2S2/c1-4-19-6-5-10(3)16-20(17,18)13-8-12(15)11(14)7-9(13)2/h7-8,10,16H,4-6,15H2,1-3H3. The maximum Gasteiger partial charge on any atom is 0.241 e. The Morgan fingerprint density at radius 1 is 1.45 bits per heavy atom. The minimum absolute atomic E-state index is 0.0337. The van der Waals surface area contributed by atoms with Crippen LogP contribution in [0.2, 0.25) is 0 Å². The van der Waals surface area contributed by atoms with Gasteiger partial charge in [0.1, 0.15) is 5.82 Å². The van der Waals surface area contributed by atoms with Gasteiger partial charge >= 0.3 is 0 Å². The second-order valence-corrected chi connectivity index (χ2v) is 7.72. The van der Waals surface area contributed by atoms with Crippen molar-refractivity contribution in [1.82, 2.24) is 4.72 Å². The number of sulfonamides is 1. The smallest absolute Gasteiger partial charge is 0.241 e. The maximum absolute atomic E-state index is 13.3. The number of thioether (sulfide) groups is 1. The highest BCUT2D eigenvalue weighted by Gasteiger charge is 2.21. The van der Waals surface area contributed by atoms with Gasteiger partial charge in [0.05, 0.1) is 10.6 Å². The molecule has 0 spiro atoms. The molecule has 1 aromatic rings. The van der Waals surface area contributed by atoms with Gasteiger partial charge in [-0.1, -0.05) is 6.92 Å². The van der Waals surface area contributed by atoms with Crippen LogP contribution in [0.25, 0.3) is 0 Å². The van der Waals surface area contributed by atoms with Crippen molar-refractivity contribution in [2.75, 3.05) is 17.2 Å². The Balaban J connectivity index is 2.86. The molecule has 3 N–H and O–H groups in total. The molecule has 0 heterocycles. The van der Waals surface area contributed by atoms with Crippen molar-refractivity contribution in [3.05, 3.63) is 23.5 Å². The molecular formula is C13H21FN2O2S2. The lowest BCUT2D eigenvalue weighted by molar-refractivity contribution is 0.556. The largest absolute Gasteiger partial charge is 0.396 e. The summed E-state index contributed by atoms with van der Waals surface area (Å²) in [7, 11) is -3.67. The Labute approximate surface area is 124 Å². The fraction of sp³-hybridized carbons (Fsp3) is 0.538. The summed E-state index contributed by atoms with van der Waals surface area (Å²) >= 11 is 1.76. The molecule has 0 aliphatic carbocycles. The molecule has 1 aromatic carbocycles. The number of hydrogen-bond donors (Lipinski definition) is 2. The third-order valence-electron chi connectivity index (χ3n) is 2.84. The first-order valence-electron chi connectivity index (χ1n) is 6.43. The molecule has 0 amide bonds. The Morgan fingerprint density at radius 3 is 2.70 bits per heavy atom. The summed E-state index contributed by atoms with van der Waals surface area (Å²) < 4.78 is 40.4. The van der Waals surface area contributed by atoms with Crippen molar-refractivity contribution < 1.29 is 12.8 Å². The van der Waals surface area contributed by atoms with Crippen LogP contribution in [0.5, 0.6) is 0 Å². The van der Waals surface area contributed by atoms with Crippen molar-refractivity contribution in [2.45, 2.75) is 38.1 Å². The van der Waals surface area contributed by atoms with Gasteiger partial charge in [-0.15, -0.1) is 0 Å². The lowest BCUT2D eigenvalue weighted by Gasteiger charge is -2.15. The molecule has 0 aliphatic heterocycles. The molecule has 1 unspecified atom stereocenters. The Bertz CT molecular complexity index is 562. The van der Waals surface area contributed by atoms with Crippen LogP contribution in [-0.2, 0) is 10.0 Å². The first-order valence-corrected chi connectivity index (χ1v) is 9.07. The quantitative estimate of drug-likeness (QED) is 0.598. The topological polar surface area (TPSA) is 72.2 Å². The van der Waals surface area contributed by atoms with Gasteiger partial charge < -0.3 is 5.73 Å². The molecule has 0 aromatic heterocycles. The molecule has 0 bridgehead atoms. The van der Waals surface area contributed by atoms with Crippen LogP contribution >= 0.6 is 11.8 Å². The highest BCUT2D eigenvalue weighted by molar-refractivity contribution is 7.99. The van der Waals surface area contributed by atoms with Gasteiger partial charge in [0, 0.05) is 6.04 Å². The minimum atomic E-state index is -3.67. The summed E-state index contributed by atoms with van der Waals surface area (Å²) in [4.78, 5) is 0.0337. The Hall–Kier alpha value is -0.790. The number of anilines is 1. The lowest BCUT2D eigenvalue weighted by Crippen LogP contribution is -2.33. The van der Waals surface area contributed by atoms with E-state index in [9.17, 15) is 12.8 Å². The summed E-state index contributed by atoms with van der Waals surface area (Å²) in [6, 6.07) is 2.13. The van der Waals surface area contributed by atoms with Crippen LogP contribution in [0.3, 0.4) is 0 Å². The van der Waals surface area contributed by atoms with Crippen molar-refractivity contribution in [2.24, 2.45) is 0 Å². The summed E-state index contributed by atoms with van der Waals surface area (Å²) in [5.41, 5.74) is 5.63. The molecule has 114 valence electrons. The van der Waals surface area contributed by atoms with Crippen molar-refractivity contribution in [3.63, 3.8) is 0 Å². The second-order valence-electron chi connectivity index (χ2n) is 4.65. The highest BCUT2D eigenvalue weighted by atomic mass is 32.2. The van der Waals surface area contributed by atoms with Crippen LogP contribution < -0.4 is 10.5 Å². The number of halogens is 1. The summed E-state index contributed by atoms with van der Waals surface area (Å²) in [5, 5.41) is 0. The molecular weight excluding hydrogens is 299 g/mol. The Morgan fingerprint density at radius 2 is 2.10 bits per heavy atom. The van der Waals surface area contributed by atoms with Crippen LogP contribution in [0.4, 0.5) is 10.1 Å². The predicted molar refractivity (Wildman–Crippen MR) is 82.9 cm³/mol. The average Bonchev–Trinajstić information content (AvgIpc) is 2.33. The van der Waals surface area contributed by atoms with E-state index in [4.69, 9.17) is 5.73 Å². The molecule has 4 nitrogen and oxygen atoms in total. The Kier molecular flexibility index (Phi) is 6.29. The zero-order valence-corrected chi connectivity index (χ0v) is 13.6. The van der Waals surface area contributed by atoms with Gasteiger partial charge in [-0.3, -0.25) is 0 Å². The van der Waals surface area contributed by atoms with Crippen LogP contribution in [0.15, 0.2) is 17.0 Å². The molecule has 1 rings (SSSR count). The molecule has 7 heteroatoms. The zero-order valence-electron chi connectivity index (χ0n) is 11.9. The summed E-state index contributed by atoms with van der Waals surface area (Å²) in [6.07, 6.45) is 0.744. The first-order chi connectivity index (χ1) is 9.27. The average molecular weight is 320 g/mol. The maximum atomic E-state index is 13.3. The fourth-order valence-electron chi connectivity index (χ4n) is 1.75. The van der Waals surface area contributed by atoms with E-state index >= 15 is 0 Å². The van der Waals surface area contributed by atoms with Gasteiger partial charge in [0.25, 0.3) is 0 Å². The van der Waals surface area contributed by atoms with E-state index < -0.39 is 15.8 Å². The van der Waals surface area contributed by atoms with Crippen molar-refractivity contribution in [1.29, 1.82) is 0 Å². The van der Waals surface area contributed by atoms with Crippen LogP contribution in [0.1, 0.15) is 25.8 Å². The van der Waals surface area contributed by atoms with E-state index in [-0.39, 0.29) is 16.6 Å². The van der Waals surface area contributed by atoms with E-state index in [1.807, 2.05) is 6.92 Å². The van der Waals surface area contributed by atoms with Gasteiger partial charge in [0.2, 0.25) is 10.0 Å². The molecule has 20 heavy (non-hydrogen) atoms. The van der Waals surface area contributed by atoms with E-state index in [1.54, 1.807) is 18.7 Å². The van der Waals surface area contributed by atoms with Crippen LogP contribution in [-0.4, -0.2) is 26.0 Å². The number of nitrogen functional groups attached to an aromatic ring is 1. The molecule has 0 saturated carbocycles. The van der Waals surface area contributed by atoms with Crippen molar-refractivity contribution in [3.8, 4) is 0 Å². The third kappa shape index (κ3) is 4.64. The minimum Gasteiger partial charge on any atom is -0.396 e. The molecule has 0 fully saturated rings. The number of nitrogens with two attached hydrogens (primary N) is 1. The van der Waals surface area contributed by atoms with Gasteiger partial charge in [-0.05, 0) is 49.5 Å². The number of aryl methyl sites for hydroxylation is 1. The van der Waals surface area contributed by atoms with Crippen LogP contribution in [0, 0.1) is 12.7 Å². The molecule has 0 radical (unpaired) electrons. The molecule has 1 atom stereocenters. The number of hydrogen-bond acceptors (Lipinski definition) is 4. The molecule has 0 saturated heterocycles. The van der Waals surface area contributed by atoms with E-state index in [0.29, 0.717) is 5.56 Å². The second kappa shape index (κ2) is 7.28. The number of rotatable bonds is 7. The van der Waals surface area contributed by atoms with E-state index in [1.165, 1.54) is 6.07 Å². The molecule has 0 aliphatic rings. The van der Waals surface area contributed by atoms with Crippen molar-refractivity contribution >= 4 is 27.5 Å². The van der Waals surface area contributed by atoms with E-state index in [0.717, 1.165) is 24.0 Å². The predicted octanol–water partition coefficient (Wildman–Crippen LogP) is 2.53. The lowest BCUT2D eigenvalue weighted by atomic mass is 10.2. The summed E-state index contributed by atoms with van der Waals surface area (Å²) in [6.45, 7) is 5.43. The monoisotopic (exact) mass is 320 g/mol. The summed E-state index contributed by atoms with van der Waals surface area (Å²) in [5.74, 6) is 1.30. The first kappa shape index (κ1) is 17.3. The highest BCUT2D eigenvalue weighted by Crippen LogP contribution is 2.22. The third-order valence-corrected chi connectivity index (χ3v) is 5.50. The number of benzene rings is 1. The van der Waals surface area contributed by atoms with Gasteiger partial charge in [-0.2, -0.15) is 11.8 Å². The van der Waals surface area contributed by atoms with Gasteiger partial charge in [-0.25, -0.2) is 17.5 Å². The normalized spacial score (nSPS) is 13.4. The number of nitrogens with one attached hydrogen (secondary N) is 1. The van der Waals surface area contributed by atoms with Gasteiger partial charge in [0.15, 0.2) is 0 Å².